The molecule has 0 spiro atoms. The topological polar surface area (TPSA) is 166 Å². The Morgan fingerprint density at radius 1 is 1.12 bits per heavy atom. The number of nitrogens with zero attached hydrogens (tertiary/aromatic N) is 4. The Labute approximate surface area is 184 Å². The summed E-state index contributed by atoms with van der Waals surface area (Å²) >= 11 is 0. The van der Waals surface area contributed by atoms with Gasteiger partial charge in [0.15, 0.2) is 12.0 Å². The van der Waals surface area contributed by atoms with Crippen molar-refractivity contribution in [3.8, 4) is 23.4 Å². The molecule has 6 N–H and O–H groups in total. The zero-order valence-corrected chi connectivity index (χ0v) is 17.0. The third kappa shape index (κ3) is 3.55. The van der Waals surface area contributed by atoms with Crippen molar-refractivity contribution in [3.63, 3.8) is 0 Å². The number of pyridine rings is 1. The van der Waals surface area contributed by atoms with Crippen LogP contribution in [0.1, 0.15) is 40.0 Å². The maximum Gasteiger partial charge on any atom is 0.211 e. The number of aromatic nitrogens is 1. The van der Waals surface area contributed by atoms with Crippen LogP contribution in [-0.4, -0.2) is 16.7 Å². The lowest BCUT2D eigenvalue weighted by Gasteiger charge is -2.26. The Hall–Kier alpha value is -4.89. The fourth-order valence-electron chi connectivity index (χ4n) is 3.60. The van der Waals surface area contributed by atoms with Crippen LogP contribution in [0.3, 0.4) is 0 Å². The van der Waals surface area contributed by atoms with E-state index in [2.05, 4.69) is 20.6 Å². The lowest BCUT2D eigenvalue weighted by molar-refractivity contribution is 0.101. The van der Waals surface area contributed by atoms with Crippen LogP contribution in [-0.2, 0) is 0 Å². The Morgan fingerprint density at radius 2 is 1.88 bits per heavy atom. The monoisotopic (exact) mass is 422 g/mol. The van der Waals surface area contributed by atoms with E-state index < -0.39 is 6.04 Å². The molecule has 156 valence electrons. The van der Waals surface area contributed by atoms with Crippen LogP contribution < -0.4 is 22.1 Å². The van der Waals surface area contributed by atoms with Gasteiger partial charge in [0.25, 0.3) is 0 Å². The van der Waals surface area contributed by atoms with E-state index in [1.165, 1.54) is 6.92 Å². The molecule has 1 atom stereocenters. The fraction of sp³-hybridized carbons (Fsp3) is 0.0870. The van der Waals surface area contributed by atoms with E-state index in [1.807, 2.05) is 54.7 Å². The number of carbonyl (C=O) groups excluding carboxylic acids is 1. The van der Waals surface area contributed by atoms with Gasteiger partial charge in [0.05, 0.1) is 5.69 Å². The van der Waals surface area contributed by atoms with Crippen molar-refractivity contribution >= 4 is 29.1 Å². The van der Waals surface area contributed by atoms with Crippen molar-refractivity contribution in [1.29, 1.82) is 10.5 Å². The molecule has 1 aromatic heterocycles. The number of hydrogen-bond donors (Lipinski definition) is 4. The zero-order valence-electron chi connectivity index (χ0n) is 17.0. The number of hydrogen-bond acceptors (Lipinski definition) is 9. The number of ketones is 1. The van der Waals surface area contributed by atoms with E-state index in [4.69, 9.17) is 16.7 Å². The van der Waals surface area contributed by atoms with Crippen molar-refractivity contribution in [2.24, 2.45) is 4.99 Å². The molecule has 0 fully saturated rings. The highest BCUT2D eigenvalue weighted by atomic mass is 16.1. The summed E-state index contributed by atoms with van der Waals surface area (Å²) in [5.41, 5.74) is 16.2. The number of nitrogen functional groups attached to an aromatic ring is 2. The molecule has 1 aliphatic rings. The van der Waals surface area contributed by atoms with Crippen molar-refractivity contribution in [2.45, 2.75) is 13.0 Å². The second-order valence-corrected chi connectivity index (χ2v) is 7.16. The molecule has 9 nitrogen and oxygen atoms in total. The number of fused-ring (bicyclic) bond motifs is 1. The van der Waals surface area contributed by atoms with Crippen molar-refractivity contribution in [3.05, 3.63) is 70.8 Å². The molecule has 0 amide bonds. The van der Waals surface area contributed by atoms with Gasteiger partial charge in [-0.25, -0.2) is 9.98 Å². The predicted molar refractivity (Wildman–Crippen MR) is 121 cm³/mol. The van der Waals surface area contributed by atoms with E-state index in [0.29, 0.717) is 16.9 Å². The van der Waals surface area contributed by atoms with Crippen molar-refractivity contribution < 1.29 is 4.79 Å². The summed E-state index contributed by atoms with van der Waals surface area (Å²) in [6, 6.07) is 16.3. The number of rotatable bonds is 3. The molecule has 9 heteroatoms. The number of benzene rings is 2. The maximum absolute atomic E-state index is 11.7. The summed E-state index contributed by atoms with van der Waals surface area (Å²) in [5, 5.41) is 23.8. The van der Waals surface area contributed by atoms with Crippen molar-refractivity contribution in [1.82, 2.24) is 10.3 Å². The third-order valence-corrected chi connectivity index (χ3v) is 5.19. The lowest BCUT2D eigenvalue weighted by atomic mass is 9.93. The molecule has 0 radical (unpaired) electrons. The highest BCUT2D eigenvalue weighted by Crippen LogP contribution is 2.40. The van der Waals surface area contributed by atoms with Crippen molar-refractivity contribution in [2.75, 3.05) is 16.8 Å². The first-order valence-electron chi connectivity index (χ1n) is 9.63. The quantitative estimate of drug-likeness (QED) is 0.284. The molecule has 0 saturated heterocycles. The number of carbonyl (C=O) groups is 1. The van der Waals surface area contributed by atoms with Crippen LogP contribution in [0.4, 0.5) is 17.3 Å². The Morgan fingerprint density at radius 3 is 2.53 bits per heavy atom. The normalized spacial score (nSPS) is 14.2. The lowest BCUT2D eigenvalue weighted by Crippen LogP contribution is -2.32. The molecular weight excluding hydrogens is 404 g/mol. The van der Waals surface area contributed by atoms with E-state index in [1.54, 1.807) is 6.07 Å². The van der Waals surface area contributed by atoms with Gasteiger partial charge in [-0.15, -0.1) is 0 Å². The molecule has 32 heavy (non-hydrogen) atoms. The van der Waals surface area contributed by atoms with Gasteiger partial charge < -0.3 is 16.8 Å². The maximum atomic E-state index is 11.7. The Balaban J connectivity index is 1.79. The first kappa shape index (κ1) is 20.4. The van der Waals surface area contributed by atoms with Gasteiger partial charge in [0.2, 0.25) is 5.96 Å². The molecular formula is C23H18N8O. The number of aliphatic imine (C=N–C) groups is 1. The average Bonchev–Trinajstić information content (AvgIpc) is 2.79. The summed E-state index contributed by atoms with van der Waals surface area (Å²) in [5.74, 6) is 0.514. The molecule has 0 bridgehead atoms. The van der Waals surface area contributed by atoms with E-state index in [0.717, 1.165) is 16.7 Å². The number of nitrogens with two attached hydrogens (primary N) is 2. The van der Waals surface area contributed by atoms with Crippen LogP contribution in [0, 0.1) is 22.8 Å². The van der Waals surface area contributed by atoms with E-state index >= 15 is 0 Å². The summed E-state index contributed by atoms with van der Waals surface area (Å²) in [4.78, 5) is 20.5. The van der Waals surface area contributed by atoms with Gasteiger partial charge in [0, 0.05) is 11.1 Å². The molecule has 4 rings (SSSR count). The first-order chi connectivity index (χ1) is 15.4. The van der Waals surface area contributed by atoms with Crippen LogP contribution in [0.5, 0.6) is 0 Å². The van der Waals surface area contributed by atoms with E-state index in [9.17, 15) is 10.1 Å². The number of guanidine groups is 1. The van der Waals surface area contributed by atoms with Crippen LogP contribution >= 0.6 is 0 Å². The molecule has 2 heterocycles. The Kier molecular flexibility index (Phi) is 5.15. The second-order valence-electron chi connectivity index (χ2n) is 7.16. The number of nitriles is 2. The van der Waals surface area contributed by atoms with Gasteiger partial charge in [-0.1, -0.05) is 42.5 Å². The van der Waals surface area contributed by atoms with Gasteiger partial charge in [0.1, 0.15) is 29.3 Å². The second kappa shape index (κ2) is 8.09. The molecule has 1 aliphatic heterocycles. The SMILES string of the molecule is CC(=O)c1cccc(-c2ccc(C3N=C(NC#N)Nc4nc(N)c(C#N)c(N)c43)cc2)c1. The predicted octanol–water partition coefficient (Wildman–Crippen LogP) is 2.93. The third-order valence-electron chi connectivity index (χ3n) is 5.19. The van der Waals surface area contributed by atoms with Crippen LogP contribution in [0.15, 0.2) is 53.5 Å². The minimum Gasteiger partial charge on any atom is -0.397 e. The number of nitrogens with one attached hydrogen (secondary N) is 2. The van der Waals surface area contributed by atoms with Gasteiger partial charge in [-0.3, -0.25) is 10.1 Å². The minimum atomic E-state index is -0.611. The van der Waals surface area contributed by atoms with Gasteiger partial charge in [-0.05, 0) is 29.7 Å². The van der Waals surface area contributed by atoms with Gasteiger partial charge in [-0.2, -0.15) is 10.5 Å². The average molecular weight is 422 g/mol. The standard InChI is InChI=1S/C23H18N8O/c1-12(32)15-3-2-4-16(9-15)13-5-7-14(8-6-13)20-18-19(26)17(10-24)21(27)30-22(18)31-23(29-20)28-11-25/h2-9,20H,1H3,(H6,26,27,28,29,30,31). The molecule has 0 saturated carbocycles. The smallest absolute Gasteiger partial charge is 0.211 e. The van der Waals surface area contributed by atoms with E-state index in [-0.39, 0.29) is 28.8 Å². The van der Waals surface area contributed by atoms with Crippen LogP contribution in [0.2, 0.25) is 0 Å². The summed E-state index contributed by atoms with van der Waals surface area (Å²) in [6.45, 7) is 1.53. The molecule has 2 aromatic carbocycles. The first-order valence-corrected chi connectivity index (χ1v) is 9.63. The minimum absolute atomic E-state index is 0.00260. The highest BCUT2D eigenvalue weighted by molar-refractivity contribution is 5.98. The Bertz CT molecular complexity index is 1350. The largest absolute Gasteiger partial charge is 0.397 e. The molecule has 0 aliphatic carbocycles. The van der Waals surface area contributed by atoms with Crippen LogP contribution in [0.25, 0.3) is 11.1 Å². The summed E-state index contributed by atoms with van der Waals surface area (Å²) < 4.78 is 0. The number of Topliss-reactive ketones (excluding diaryl/α,β-unsaturated/α-hetero) is 1. The summed E-state index contributed by atoms with van der Waals surface area (Å²) in [6.07, 6.45) is 1.82. The van der Waals surface area contributed by atoms with Gasteiger partial charge >= 0.3 is 0 Å². The number of anilines is 3. The highest BCUT2D eigenvalue weighted by Gasteiger charge is 2.29. The summed E-state index contributed by atoms with van der Waals surface area (Å²) in [7, 11) is 0. The zero-order chi connectivity index (χ0) is 22.8. The molecule has 1 unspecified atom stereocenters. The molecule has 3 aromatic rings. The fourth-order valence-corrected chi connectivity index (χ4v) is 3.60.